The first-order valence-corrected chi connectivity index (χ1v) is 8.91. The molecule has 1 aliphatic heterocycles. The lowest BCUT2D eigenvalue weighted by molar-refractivity contribution is -0.139. The van der Waals surface area contributed by atoms with Gasteiger partial charge in [0.25, 0.3) is 0 Å². The maximum absolute atomic E-state index is 11.1. The van der Waals surface area contributed by atoms with Crippen molar-refractivity contribution >= 4 is 11.9 Å². The summed E-state index contributed by atoms with van der Waals surface area (Å²) in [5, 5.41) is 8.38. The molecule has 3 rings (SSSR count). The van der Waals surface area contributed by atoms with Gasteiger partial charge in [-0.3, -0.25) is 0 Å². The first-order valence-electron chi connectivity index (χ1n) is 8.91. The highest BCUT2D eigenvalue weighted by atomic mass is 16.5. The number of hydrogen-bond acceptors (Lipinski definition) is 4. The second kappa shape index (κ2) is 10.8. The lowest BCUT2D eigenvalue weighted by atomic mass is 10.1. The van der Waals surface area contributed by atoms with Gasteiger partial charge in [0.1, 0.15) is 11.9 Å². The molecule has 142 valence electrons. The second-order valence-corrected chi connectivity index (χ2v) is 6.16. The summed E-state index contributed by atoms with van der Waals surface area (Å²) < 4.78 is 10.7. The van der Waals surface area contributed by atoms with Crippen LogP contribution >= 0.6 is 0 Å². The molecule has 0 bridgehead atoms. The summed E-state index contributed by atoms with van der Waals surface area (Å²) in [6.07, 6.45) is 3.57. The summed E-state index contributed by atoms with van der Waals surface area (Å²) in [7, 11) is 0. The molecule has 27 heavy (non-hydrogen) atoms. The molecule has 0 amide bonds. The molecule has 1 N–H and O–H groups in total. The number of carboxylic acid groups (broad SMARTS) is 1. The number of benzene rings is 2. The van der Waals surface area contributed by atoms with Crippen LogP contribution in [0.3, 0.4) is 0 Å². The molecule has 2 aromatic rings. The van der Waals surface area contributed by atoms with Crippen molar-refractivity contribution in [2.24, 2.45) is 0 Å². The van der Waals surface area contributed by atoms with Gasteiger partial charge in [-0.2, -0.15) is 0 Å². The lowest BCUT2D eigenvalue weighted by Gasteiger charge is -2.09. The summed E-state index contributed by atoms with van der Waals surface area (Å²) >= 11 is 0. The van der Waals surface area contributed by atoms with Gasteiger partial charge >= 0.3 is 11.9 Å². The minimum absolute atomic E-state index is 0.0294. The smallest absolute Gasteiger partial charge is 0.335 e. The van der Waals surface area contributed by atoms with Gasteiger partial charge in [0, 0.05) is 12.0 Å². The van der Waals surface area contributed by atoms with E-state index < -0.39 is 5.97 Å². The van der Waals surface area contributed by atoms with Crippen LogP contribution in [0.25, 0.3) is 0 Å². The molecule has 0 spiro atoms. The molecule has 1 aliphatic rings. The number of rotatable bonds is 7. The molecule has 5 nitrogen and oxygen atoms in total. The van der Waals surface area contributed by atoms with Crippen molar-refractivity contribution in [3.63, 3.8) is 0 Å². The molecule has 1 atom stereocenters. The number of carbonyl (C=O) groups excluding carboxylic acids is 1. The Bertz CT molecular complexity index is 724. The predicted molar refractivity (Wildman–Crippen MR) is 103 cm³/mol. The van der Waals surface area contributed by atoms with Crippen molar-refractivity contribution in [2.75, 3.05) is 6.61 Å². The van der Waals surface area contributed by atoms with Crippen molar-refractivity contribution < 1.29 is 24.2 Å². The molecule has 0 aromatic heterocycles. The van der Waals surface area contributed by atoms with Gasteiger partial charge in [-0.15, -0.1) is 0 Å². The molecular formula is C22H24O5. The van der Waals surface area contributed by atoms with E-state index >= 15 is 0 Å². The average molecular weight is 368 g/mol. The van der Waals surface area contributed by atoms with Gasteiger partial charge in [-0.1, -0.05) is 43.0 Å². The third-order valence-corrected chi connectivity index (χ3v) is 3.99. The van der Waals surface area contributed by atoms with Gasteiger partial charge in [0.2, 0.25) is 0 Å². The van der Waals surface area contributed by atoms with E-state index in [1.54, 1.807) is 30.3 Å². The zero-order chi connectivity index (χ0) is 19.5. The number of aromatic carboxylic acids is 1. The number of carbonyl (C=O) groups is 2. The Morgan fingerprint density at radius 1 is 1.07 bits per heavy atom. The molecule has 1 saturated heterocycles. The monoisotopic (exact) mass is 368 g/mol. The largest absolute Gasteiger partial charge is 0.494 e. The van der Waals surface area contributed by atoms with Crippen LogP contribution in [0.5, 0.6) is 5.75 Å². The topological polar surface area (TPSA) is 72.8 Å². The van der Waals surface area contributed by atoms with Crippen molar-refractivity contribution in [1.82, 2.24) is 0 Å². The summed E-state index contributed by atoms with van der Waals surface area (Å²) in [6, 6.07) is 18.1. The van der Waals surface area contributed by atoms with E-state index in [4.69, 9.17) is 14.6 Å². The van der Waals surface area contributed by atoms with Gasteiger partial charge in [-0.05, 0) is 43.5 Å². The number of esters is 1. The van der Waals surface area contributed by atoms with Gasteiger partial charge in [0.15, 0.2) is 0 Å². The zero-order valence-corrected chi connectivity index (χ0v) is 15.2. The van der Waals surface area contributed by atoms with E-state index in [1.807, 2.05) is 30.3 Å². The van der Waals surface area contributed by atoms with E-state index in [-0.39, 0.29) is 12.1 Å². The fourth-order valence-electron chi connectivity index (χ4n) is 2.56. The molecular weight excluding hydrogens is 344 g/mol. The third-order valence-electron chi connectivity index (χ3n) is 3.99. The molecule has 1 fully saturated rings. The molecule has 0 saturated carbocycles. The van der Waals surface area contributed by atoms with E-state index in [0.717, 1.165) is 25.0 Å². The SMILES string of the molecule is C=C1CC(CCCCOc2ccccc2)OC1=O.O=C(O)c1ccccc1. The molecule has 0 aliphatic carbocycles. The molecule has 1 heterocycles. The molecule has 0 radical (unpaired) electrons. The van der Waals surface area contributed by atoms with Crippen LogP contribution in [0.15, 0.2) is 72.8 Å². The minimum Gasteiger partial charge on any atom is -0.494 e. The number of carboxylic acids is 1. The fourth-order valence-corrected chi connectivity index (χ4v) is 2.56. The standard InChI is InChI=1S/C15H18O3.C7H6O2/c1-12-11-14(18-15(12)16)9-5-6-10-17-13-7-3-2-4-8-13;8-7(9)6-4-2-1-3-5-6/h2-4,7-8,14H,1,5-6,9-11H2;1-5H,(H,8,9). The molecule has 1 unspecified atom stereocenters. The Labute approximate surface area is 159 Å². The van der Waals surface area contributed by atoms with E-state index in [1.165, 1.54) is 0 Å². The van der Waals surface area contributed by atoms with Crippen molar-refractivity contribution in [3.05, 3.63) is 78.4 Å². The van der Waals surface area contributed by atoms with Crippen LogP contribution < -0.4 is 4.74 Å². The molecule has 5 heteroatoms. The number of para-hydroxylation sites is 1. The van der Waals surface area contributed by atoms with Crippen LogP contribution in [0.1, 0.15) is 36.0 Å². The zero-order valence-electron chi connectivity index (χ0n) is 15.2. The Morgan fingerprint density at radius 2 is 1.70 bits per heavy atom. The first-order chi connectivity index (χ1) is 13.1. The van der Waals surface area contributed by atoms with E-state index in [0.29, 0.717) is 24.2 Å². The summed E-state index contributed by atoms with van der Waals surface area (Å²) in [6.45, 7) is 4.37. The molecule has 2 aromatic carbocycles. The van der Waals surface area contributed by atoms with Crippen LogP contribution in [-0.2, 0) is 9.53 Å². The quantitative estimate of drug-likeness (QED) is 0.443. The Kier molecular flexibility index (Phi) is 8.10. The van der Waals surface area contributed by atoms with Crippen molar-refractivity contribution in [2.45, 2.75) is 31.8 Å². The highest BCUT2D eigenvalue weighted by Gasteiger charge is 2.26. The average Bonchev–Trinajstić information content (AvgIpc) is 3.01. The highest BCUT2D eigenvalue weighted by molar-refractivity contribution is 5.89. The van der Waals surface area contributed by atoms with Crippen molar-refractivity contribution in [3.8, 4) is 5.75 Å². The third kappa shape index (κ3) is 7.36. The van der Waals surface area contributed by atoms with Crippen LogP contribution in [0.2, 0.25) is 0 Å². The normalized spacial score (nSPS) is 15.5. The van der Waals surface area contributed by atoms with Crippen LogP contribution in [0, 0.1) is 0 Å². The fraction of sp³-hybridized carbons (Fsp3) is 0.273. The van der Waals surface area contributed by atoms with E-state index in [2.05, 4.69) is 6.58 Å². The summed E-state index contributed by atoms with van der Waals surface area (Å²) in [5.74, 6) is -0.214. The summed E-state index contributed by atoms with van der Waals surface area (Å²) in [5.41, 5.74) is 0.929. The number of cyclic esters (lactones) is 1. The Hall–Kier alpha value is -3.08. The number of hydrogen-bond donors (Lipinski definition) is 1. The predicted octanol–water partition coefficient (Wildman–Crippen LogP) is 4.49. The van der Waals surface area contributed by atoms with Crippen LogP contribution in [-0.4, -0.2) is 29.8 Å². The van der Waals surface area contributed by atoms with Gasteiger partial charge in [-0.25, -0.2) is 9.59 Å². The number of ether oxygens (including phenoxy) is 2. The van der Waals surface area contributed by atoms with Gasteiger partial charge in [0.05, 0.1) is 12.2 Å². The Balaban J connectivity index is 0.000000244. The maximum Gasteiger partial charge on any atom is 0.335 e. The summed E-state index contributed by atoms with van der Waals surface area (Å²) in [4.78, 5) is 21.3. The van der Waals surface area contributed by atoms with Gasteiger partial charge < -0.3 is 14.6 Å². The van der Waals surface area contributed by atoms with E-state index in [9.17, 15) is 9.59 Å². The highest BCUT2D eigenvalue weighted by Crippen LogP contribution is 2.22. The Morgan fingerprint density at radius 3 is 2.22 bits per heavy atom. The van der Waals surface area contributed by atoms with Crippen LogP contribution in [0.4, 0.5) is 0 Å². The first kappa shape index (κ1) is 20.2. The minimum atomic E-state index is -0.879. The van der Waals surface area contributed by atoms with Crippen molar-refractivity contribution in [1.29, 1.82) is 0 Å². The lowest BCUT2D eigenvalue weighted by Crippen LogP contribution is -2.07. The maximum atomic E-state index is 11.1. The number of unbranched alkanes of at least 4 members (excludes halogenated alkanes) is 1. The second-order valence-electron chi connectivity index (χ2n) is 6.16.